The fourth-order valence-electron chi connectivity index (χ4n) is 2.86. The zero-order valence-electron chi connectivity index (χ0n) is 17.6. The van der Waals surface area contributed by atoms with Crippen molar-refractivity contribution >= 4 is 40.9 Å². The number of ether oxygens (including phenoxy) is 2. The number of fused-ring (bicyclic) bond motifs is 1. The van der Waals surface area contributed by atoms with Crippen molar-refractivity contribution in [1.82, 2.24) is 24.9 Å². The van der Waals surface area contributed by atoms with Gasteiger partial charge in [-0.05, 0) is 19.1 Å². The van der Waals surface area contributed by atoms with E-state index in [0.717, 1.165) is 4.90 Å². The summed E-state index contributed by atoms with van der Waals surface area (Å²) in [6.07, 6.45) is 0.0825. The van der Waals surface area contributed by atoms with E-state index in [1.807, 2.05) is 0 Å². The van der Waals surface area contributed by atoms with Gasteiger partial charge in [-0.15, -0.1) is 0 Å². The van der Waals surface area contributed by atoms with Crippen LogP contribution in [-0.2, 0) is 11.3 Å². The minimum atomic E-state index is -1.21. The van der Waals surface area contributed by atoms with Gasteiger partial charge in [0.05, 0.1) is 32.2 Å². The average molecular weight is 464 g/mol. The number of aromatic nitrogens is 4. The largest absolute Gasteiger partial charge is 0.493 e. The second kappa shape index (κ2) is 9.66. The fraction of sp³-hybridized carbons (Fsp3) is 0.316. The lowest BCUT2D eigenvalue weighted by Crippen LogP contribution is -2.36. The van der Waals surface area contributed by atoms with Crippen LogP contribution < -0.4 is 20.7 Å². The molecule has 3 rings (SSSR count). The quantitative estimate of drug-likeness (QED) is 0.423. The first-order valence-electron chi connectivity index (χ1n) is 9.40. The average Bonchev–Trinajstić information content (AvgIpc) is 3.16. The number of hydrogen-bond acceptors (Lipinski definition) is 8. The van der Waals surface area contributed by atoms with Crippen LogP contribution in [0.5, 0.6) is 5.75 Å². The van der Waals surface area contributed by atoms with Crippen LogP contribution in [0.15, 0.2) is 24.4 Å². The van der Waals surface area contributed by atoms with Gasteiger partial charge in [0.2, 0.25) is 0 Å². The Balaban J connectivity index is 1.65. The monoisotopic (exact) mass is 463 g/mol. The Bertz CT molecular complexity index is 1150. The molecular formula is C19H22ClN7O5. The van der Waals surface area contributed by atoms with Gasteiger partial charge in [-0.2, -0.15) is 9.61 Å². The van der Waals surface area contributed by atoms with Crippen molar-refractivity contribution in [1.29, 1.82) is 0 Å². The molecule has 0 aromatic carbocycles. The van der Waals surface area contributed by atoms with Gasteiger partial charge in [0.1, 0.15) is 16.5 Å². The maximum Gasteiger partial charge on any atom is 0.412 e. The lowest BCUT2D eigenvalue weighted by atomic mass is 10.2. The van der Waals surface area contributed by atoms with Gasteiger partial charge in [0.15, 0.2) is 17.2 Å². The lowest BCUT2D eigenvalue weighted by Gasteiger charge is -2.15. The normalized spacial score (nSPS) is 11.9. The van der Waals surface area contributed by atoms with Crippen LogP contribution in [-0.4, -0.2) is 63.5 Å². The van der Waals surface area contributed by atoms with Crippen LogP contribution in [0.1, 0.15) is 23.0 Å². The van der Waals surface area contributed by atoms with E-state index in [-0.39, 0.29) is 47.3 Å². The van der Waals surface area contributed by atoms with Gasteiger partial charge in [0.25, 0.3) is 5.91 Å². The van der Waals surface area contributed by atoms with Crippen LogP contribution >= 0.6 is 11.6 Å². The number of carbonyl (C=O) groups is 2. The standard InChI is InChI=1S/C19H22ClN7O5/c1-10(8-32-9-11-4-5-13(31-3)16(21)24-11)23-18(28)12-7-22-27-15(26(2)19(29)30)6-14(20)25-17(12)27/h4-7,10H,8-9H2,1-3H3,(H2,21,24)(H,23,28)(H,29,30). The predicted molar refractivity (Wildman–Crippen MR) is 116 cm³/mol. The molecule has 170 valence electrons. The highest BCUT2D eigenvalue weighted by Crippen LogP contribution is 2.22. The summed E-state index contributed by atoms with van der Waals surface area (Å²) in [7, 11) is 2.84. The molecule has 0 bridgehead atoms. The predicted octanol–water partition coefficient (Wildman–Crippen LogP) is 1.82. The van der Waals surface area contributed by atoms with Crippen LogP contribution in [0.25, 0.3) is 5.65 Å². The summed E-state index contributed by atoms with van der Waals surface area (Å²) < 4.78 is 11.9. The molecule has 0 spiro atoms. The third kappa shape index (κ3) is 4.98. The van der Waals surface area contributed by atoms with Crippen molar-refractivity contribution in [2.24, 2.45) is 0 Å². The van der Waals surface area contributed by atoms with Gasteiger partial charge in [0, 0.05) is 19.2 Å². The lowest BCUT2D eigenvalue weighted by molar-refractivity contribution is 0.0814. The molecule has 13 heteroatoms. The molecule has 0 saturated heterocycles. The van der Waals surface area contributed by atoms with E-state index in [0.29, 0.717) is 11.4 Å². The number of nitrogens with one attached hydrogen (secondary N) is 1. The molecule has 1 atom stereocenters. The van der Waals surface area contributed by atoms with E-state index >= 15 is 0 Å². The molecule has 4 N–H and O–H groups in total. The zero-order chi connectivity index (χ0) is 23.4. The third-order valence-electron chi connectivity index (χ3n) is 4.46. The van der Waals surface area contributed by atoms with Crippen LogP contribution in [0.2, 0.25) is 5.15 Å². The first kappa shape index (κ1) is 23.0. The molecule has 0 aliphatic carbocycles. The summed E-state index contributed by atoms with van der Waals surface area (Å²) >= 11 is 6.02. The second-order valence-corrected chi connectivity index (χ2v) is 7.24. The highest BCUT2D eigenvalue weighted by atomic mass is 35.5. The number of carboxylic acid groups (broad SMARTS) is 1. The number of methoxy groups -OCH3 is 1. The molecule has 0 aliphatic heterocycles. The number of anilines is 2. The van der Waals surface area contributed by atoms with E-state index < -0.39 is 12.0 Å². The minimum Gasteiger partial charge on any atom is -0.493 e. The molecule has 0 fully saturated rings. The molecule has 1 unspecified atom stereocenters. The van der Waals surface area contributed by atoms with E-state index in [9.17, 15) is 14.7 Å². The van der Waals surface area contributed by atoms with Gasteiger partial charge in [-0.1, -0.05) is 11.6 Å². The first-order valence-corrected chi connectivity index (χ1v) is 9.78. The Hall–Kier alpha value is -3.64. The molecule has 0 radical (unpaired) electrons. The summed E-state index contributed by atoms with van der Waals surface area (Å²) in [5.41, 5.74) is 6.67. The number of halogens is 1. The molecule has 0 aliphatic rings. The summed E-state index contributed by atoms with van der Waals surface area (Å²) in [4.78, 5) is 33.3. The first-order chi connectivity index (χ1) is 15.2. The Labute approximate surface area is 187 Å². The van der Waals surface area contributed by atoms with Crippen molar-refractivity contribution in [2.75, 3.05) is 31.4 Å². The number of hydrogen-bond donors (Lipinski definition) is 3. The van der Waals surface area contributed by atoms with Crippen molar-refractivity contribution in [2.45, 2.75) is 19.6 Å². The number of nitrogen functional groups attached to an aromatic ring is 1. The third-order valence-corrected chi connectivity index (χ3v) is 4.65. The summed E-state index contributed by atoms with van der Waals surface area (Å²) in [6, 6.07) is 4.42. The number of nitrogens with two attached hydrogens (primary N) is 1. The molecular weight excluding hydrogens is 442 g/mol. The zero-order valence-corrected chi connectivity index (χ0v) is 18.3. The van der Waals surface area contributed by atoms with Crippen molar-refractivity contribution in [3.05, 3.63) is 40.8 Å². The summed E-state index contributed by atoms with van der Waals surface area (Å²) in [6.45, 7) is 2.18. The molecule has 12 nitrogen and oxygen atoms in total. The van der Waals surface area contributed by atoms with Crippen LogP contribution in [0, 0.1) is 0 Å². The van der Waals surface area contributed by atoms with Crippen molar-refractivity contribution in [3.63, 3.8) is 0 Å². The smallest absolute Gasteiger partial charge is 0.412 e. The molecule has 3 aromatic rings. The summed E-state index contributed by atoms with van der Waals surface area (Å²) in [5, 5.41) is 16.1. The molecule has 32 heavy (non-hydrogen) atoms. The van der Waals surface area contributed by atoms with Crippen molar-refractivity contribution in [3.8, 4) is 5.75 Å². The van der Waals surface area contributed by atoms with E-state index in [2.05, 4.69) is 20.4 Å². The van der Waals surface area contributed by atoms with Gasteiger partial charge in [-0.25, -0.2) is 14.8 Å². The maximum absolute atomic E-state index is 12.7. The van der Waals surface area contributed by atoms with E-state index in [1.54, 1.807) is 19.1 Å². The van der Waals surface area contributed by atoms with E-state index in [4.69, 9.17) is 26.8 Å². The van der Waals surface area contributed by atoms with Gasteiger partial charge < -0.3 is 25.6 Å². The van der Waals surface area contributed by atoms with Crippen LogP contribution in [0.3, 0.4) is 0 Å². The minimum absolute atomic E-state index is 0.0257. The van der Waals surface area contributed by atoms with Crippen LogP contribution in [0.4, 0.5) is 16.4 Å². The second-order valence-electron chi connectivity index (χ2n) is 6.85. The van der Waals surface area contributed by atoms with Gasteiger partial charge >= 0.3 is 6.09 Å². The highest BCUT2D eigenvalue weighted by Gasteiger charge is 2.21. The Morgan fingerprint density at radius 1 is 1.38 bits per heavy atom. The Morgan fingerprint density at radius 3 is 2.78 bits per heavy atom. The van der Waals surface area contributed by atoms with Gasteiger partial charge in [-0.3, -0.25) is 9.69 Å². The topological polar surface area (TPSA) is 157 Å². The molecule has 0 saturated carbocycles. The highest BCUT2D eigenvalue weighted by molar-refractivity contribution is 6.30. The maximum atomic E-state index is 12.7. The number of amides is 2. The number of carbonyl (C=O) groups excluding carboxylic acids is 1. The van der Waals surface area contributed by atoms with E-state index in [1.165, 1.54) is 30.9 Å². The molecule has 3 aromatic heterocycles. The number of pyridine rings is 1. The SMILES string of the molecule is COc1ccc(COCC(C)NC(=O)c2cnn3c(N(C)C(=O)O)cc(Cl)nc23)nc1N. The fourth-order valence-corrected chi connectivity index (χ4v) is 3.03. The molecule has 3 heterocycles. The molecule has 2 amide bonds. The number of nitrogens with zero attached hydrogens (tertiary/aromatic N) is 5. The Morgan fingerprint density at radius 2 is 2.12 bits per heavy atom. The Kier molecular flexibility index (Phi) is 6.95. The summed E-state index contributed by atoms with van der Waals surface area (Å²) in [5.74, 6) is 0.437. The number of rotatable bonds is 8. The van der Waals surface area contributed by atoms with Crippen molar-refractivity contribution < 1.29 is 24.2 Å².